The van der Waals surface area contributed by atoms with Gasteiger partial charge in [-0.3, -0.25) is 9.48 Å². The van der Waals surface area contributed by atoms with E-state index in [9.17, 15) is 14.7 Å². The highest BCUT2D eigenvalue weighted by atomic mass is 79.9. The number of hydrogen-bond acceptors (Lipinski definition) is 3. The first kappa shape index (κ1) is 24.5. The molecule has 33 heavy (non-hydrogen) atoms. The summed E-state index contributed by atoms with van der Waals surface area (Å²) in [5.41, 5.74) is 2.92. The zero-order valence-corrected chi connectivity index (χ0v) is 20.8. The molecule has 2 aromatic carbocycles. The van der Waals surface area contributed by atoms with Gasteiger partial charge >= 0.3 is 6.09 Å². The first-order valence-electron chi connectivity index (χ1n) is 10.7. The molecule has 2 atom stereocenters. The normalized spacial score (nSPS) is 13.2. The third-order valence-corrected chi connectivity index (χ3v) is 6.21. The van der Waals surface area contributed by atoms with Gasteiger partial charge in [-0.25, -0.2) is 4.79 Å². The summed E-state index contributed by atoms with van der Waals surface area (Å²) in [6.07, 6.45) is 1.09. The van der Waals surface area contributed by atoms with Gasteiger partial charge in [-0.1, -0.05) is 73.1 Å². The van der Waals surface area contributed by atoms with Crippen LogP contribution in [0, 0.1) is 5.41 Å². The van der Waals surface area contributed by atoms with Crippen LogP contribution in [-0.4, -0.2) is 39.0 Å². The SMILES string of the molecule is Cn1nccc1-c1ccc(C(=O)NC(Cc2ccccc2)C(NC(=O)O)C(C)(C)C)cc1Br. The predicted molar refractivity (Wildman–Crippen MR) is 132 cm³/mol. The van der Waals surface area contributed by atoms with Crippen molar-refractivity contribution >= 4 is 27.9 Å². The number of carbonyl (C=O) groups excluding carboxylic acids is 1. The minimum absolute atomic E-state index is 0.269. The maximum Gasteiger partial charge on any atom is 0.404 e. The molecule has 1 aromatic heterocycles. The van der Waals surface area contributed by atoms with E-state index in [1.807, 2.05) is 70.3 Å². The van der Waals surface area contributed by atoms with Crippen molar-refractivity contribution in [3.63, 3.8) is 0 Å². The monoisotopic (exact) mass is 512 g/mol. The van der Waals surface area contributed by atoms with Crippen LogP contribution in [0.2, 0.25) is 0 Å². The quantitative estimate of drug-likeness (QED) is 0.420. The van der Waals surface area contributed by atoms with E-state index in [-0.39, 0.29) is 5.91 Å². The number of rotatable bonds is 7. The topological polar surface area (TPSA) is 96.3 Å². The third-order valence-electron chi connectivity index (χ3n) is 5.56. The molecule has 0 aliphatic heterocycles. The van der Waals surface area contributed by atoms with Crippen molar-refractivity contribution in [2.24, 2.45) is 12.5 Å². The molecule has 0 bridgehead atoms. The number of nitrogens with zero attached hydrogens (tertiary/aromatic N) is 2. The summed E-state index contributed by atoms with van der Waals surface area (Å²) in [4.78, 5) is 24.8. The first-order chi connectivity index (χ1) is 15.6. The van der Waals surface area contributed by atoms with E-state index in [4.69, 9.17) is 0 Å². The van der Waals surface area contributed by atoms with Gasteiger partial charge in [-0.15, -0.1) is 0 Å². The van der Waals surface area contributed by atoms with E-state index < -0.39 is 23.6 Å². The molecular formula is C25H29BrN4O3. The Balaban J connectivity index is 1.89. The molecule has 2 unspecified atom stereocenters. The summed E-state index contributed by atoms with van der Waals surface area (Å²) in [6.45, 7) is 5.87. The lowest BCUT2D eigenvalue weighted by atomic mass is 9.80. The maximum absolute atomic E-state index is 13.3. The van der Waals surface area contributed by atoms with E-state index in [0.29, 0.717) is 12.0 Å². The second kappa shape index (κ2) is 10.2. The predicted octanol–water partition coefficient (Wildman–Crippen LogP) is 4.87. The number of amides is 2. The average Bonchev–Trinajstić information content (AvgIpc) is 3.17. The van der Waals surface area contributed by atoms with E-state index in [1.165, 1.54) is 0 Å². The Morgan fingerprint density at radius 2 is 1.79 bits per heavy atom. The molecule has 2 amide bonds. The minimum Gasteiger partial charge on any atom is -0.465 e. The number of nitrogens with one attached hydrogen (secondary N) is 2. The molecule has 174 valence electrons. The molecule has 0 spiro atoms. The van der Waals surface area contributed by atoms with Crippen molar-refractivity contribution in [3.8, 4) is 11.3 Å². The number of carboxylic acid groups (broad SMARTS) is 1. The Hall–Kier alpha value is -3.13. The zero-order chi connectivity index (χ0) is 24.2. The fourth-order valence-electron chi connectivity index (χ4n) is 3.93. The molecule has 7 nitrogen and oxygen atoms in total. The Bertz CT molecular complexity index is 1120. The fourth-order valence-corrected chi connectivity index (χ4v) is 4.51. The van der Waals surface area contributed by atoms with Crippen LogP contribution in [0.1, 0.15) is 36.7 Å². The van der Waals surface area contributed by atoms with Gasteiger partial charge in [-0.05, 0) is 35.6 Å². The van der Waals surface area contributed by atoms with Crippen molar-refractivity contribution in [3.05, 3.63) is 76.4 Å². The van der Waals surface area contributed by atoms with Crippen LogP contribution in [0.3, 0.4) is 0 Å². The molecule has 3 N–H and O–H groups in total. The molecular weight excluding hydrogens is 484 g/mol. The summed E-state index contributed by atoms with van der Waals surface area (Å²) in [5, 5.41) is 19.4. The number of hydrogen-bond donors (Lipinski definition) is 3. The van der Waals surface area contributed by atoms with E-state index in [0.717, 1.165) is 21.3 Å². The van der Waals surface area contributed by atoms with Gasteiger partial charge in [0.2, 0.25) is 0 Å². The van der Waals surface area contributed by atoms with Crippen LogP contribution in [0.15, 0.2) is 65.3 Å². The number of aryl methyl sites for hydroxylation is 1. The molecule has 1 heterocycles. The van der Waals surface area contributed by atoms with Gasteiger partial charge in [-0.2, -0.15) is 5.10 Å². The molecule has 8 heteroatoms. The fraction of sp³-hybridized carbons (Fsp3) is 0.320. The average molecular weight is 513 g/mol. The van der Waals surface area contributed by atoms with Crippen LogP contribution in [0.4, 0.5) is 4.79 Å². The Morgan fingerprint density at radius 1 is 1.09 bits per heavy atom. The minimum atomic E-state index is -1.12. The summed E-state index contributed by atoms with van der Waals surface area (Å²) in [7, 11) is 1.86. The van der Waals surface area contributed by atoms with Gasteiger partial charge in [0.05, 0.1) is 17.8 Å². The largest absolute Gasteiger partial charge is 0.465 e. The first-order valence-corrected chi connectivity index (χ1v) is 11.5. The van der Waals surface area contributed by atoms with Crippen LogP contribution in [0.5, 0.6) is 0 Å². The molecule has 3 rings (SSSR count). The van der Waals surface area contributed by atoms with E-state index in [1.54, 1.807) is 23.0 Å². The van der Waals surface area contributed by atoms with Crippen molar-refractivity contribution in [2.45, 2.75) is 39.3 Å². The van der Waals surface area contributed by atoms with Crippen molar-refractivity contribution in [1.82, 2.24) is 20.4 Å². The van der Waals surface area contributed by atoms with Crippen LogP contribution < -0.4 is 10.6 Å². The van der Waals surface area contributed by atoms with Crippen LogP contribution in [-0.2, 0) is 13.5 Å². The standard InChI is InChI=1S/C25H29BrN4O3/c1-25(2,3)22(29-24(32)33)20(14-16-8-6-5-7-9-16)28-23(31)17-10-11-18(19(26)15-17)21-12-13-27-30(21)4/h5-13,15,20,22,29H,14H2,1-4H3,(H,28,31)(H,32,33). The van der Waals surface area contributed by atoms with E-state index in [2.05, 4.69) is 31.7 Å². The Morgan fingerprint density at radius 3 is 2.33 bits per heavy atom. The maximum atomic E-state index is 13.3. The highest BCUT2D eigenvalue weighted by Crippen LogP contribution is 2.29. The number of halogens is 1. The number of benzene rings is 2. The lowest BCUT2D eigenvalue weighted by Gasteiger charge is -2.37. The second-order valence-corrected chi connectivity index (χ2v) is 9.95. The third kappa shape index (κ3) is 6.22. The summed E-state index contributed by atoms with van der Waals surface area (Å²) < 4.78 is 2.54. The molecule has 0 radical (unpaired) electrons. The van der Waals surface area contributed by atoms with Gasteiger partial charge in [0.15, 0.2) is 0 Å². The lowest BCUT2D eigenvalue weighted by Crippen LogP contribution is -2.58. The van der Waals surface area contributed by atoms with Crippen LogP contribution >= 0.6 is 15.9 Å². The highest BCUT2D eigenvalue weighted by molar-refractivity contribution is 9.10. The molecule has 0 saturated carbocycles. The highest BCUT2D eigenvalue weighted by Gasteiger charge is 2.35. The zero-order valence-electron chi connectivity index (χ0n) is 19.2. The molecule has 0 aliphatic carbocycles. The molecule has 0 aliphatic rings. The van der Waals surface area contributed by atoms with Crippen LogP contribution in [0.25, 0.3) is 11.3 Å². The van der Waals surface area contributed by atoms with Crippen molar-refractivity contribution in [2.75, 3.05) is 0 Å². The Labute approximate surface area is 202 Å². The molecule has 0 fully saturated rings. The molecule has 3 aromatic rings. The number of carbonyl (C=O) groups is 2. The summed E-state index contributed by atoms with van der Waals surface area (Å²) >= 11 is 3.57. The smallest absolute Gasteiger partial charge is 0.404 e. The van der Waals surface area contributed by atoms with Crippen molar-refractivity contribution < 1.29 is 14.7 Å². The van der Waals surface area contributed by atoms with Gasteiger partial charge in [0.1, 0.15) is 0 Å². The van der Waals surface area contributed by atoms with Gasteiger partial charge in [0.25, 0.3) is 5.91 Å². The second-order valence-electron chi connectivity index (χ2n) is 9.10. The van der Waals surface area contributed by atoms with Crippen molar-refractivity contribution in [1.29, 1.82) is 0 Å². The Kier molecular flexibility index (Phi) is 7.58. The summed E-state index contributed by atoms with van der Waals surface area (Å²) in [6, 6.07) is 16.1. The number of aromatic nitrogens is 2. The van der Waals surface area contributed by atoms with Gasteiger partial charge < -0.3 is 15.7 Å². The van der Waals surface area contributed by atoms with Gasteiger partial charge in [0, 0.05) is 28.8 Å². The summed E-state index contributed by atoms with van der Waals surface area (Å²) in [5.74, 6) is -0.269. The molecule has 0 saturated heterocycles. The van der Waals surface area contributed by atoms with E-state index >= 15 is 0 Å². The lowest BCUT2D eigenvalue weighted by molar-refractivity contribution is 0.0900.